The van der Waals surface area contributed by atoms with Gasteiger partial charge in [-0.05, 0) is 43.1 Å². The maximum absolute atomic E-state index is 12.4. The van der Waals surface area contributed by atoms with E-state index in [4.69, 9.17) is 11.6 Å². The summed E-state index contributed by atoms with van der Waals surface area (Å²) >= 11 is 6.00. The first-order chi connectivity index (χ1) is 14.2. The first kappa shape index (κ1) is 20.4. The molecule has 5 nitrogen and oxygen atoms in total. The summed E-state index contributed by atoms with van der Waals surface area (Å²) in [4.78, 5) is 15.0. The molecule has 2 heterocycles. The van der Waals surface area contributed by atoms with Gasteiger partial charge in [0.15, 0.2) is 0 Å². The molecule has 2 aliphatic rings. The standard InChI is InChI=1S/C23H31ClN4O/c24-21-15-25-27-22(21)23(29)26-19-11-13-28(14-12-19)16-20(17-7-3-1-4-8-17)18-9-5-2-6-10-18/h1,3-4,7-8,15,18-20H,2,5-6,9-14,16H2,(H,25,27)(H,26,29)/t20-/m1/s1. The molecule has 1 saturated carbocycles. The minimum atomic E-state index is -0.157. The van der Waals surface area contributed by atoms with E-state index in [1.54, 1.807) is 0 Å². The second-order valence-corrected chi connectivity index (χ2v) is 8.96. The summed E-state index contributed by atoms with van der Waals surface area (Å²) in [5.41, 5.74) is 1.85. The molecule has 2 N–H and O–H groups in total. The molecule has 1 aliphatic heterocycles. The fraction of sp³-hybridized carbons (Fsp3) is 0.565. The second-order valence-electron chi connectivity index (χ2n) is 8.56. The van der Waals surface area contributed by atoms with Crippen molar-refractivity contribution in [3.8, 4) is 0 Å². The first-order valence-corrected chi connectivity index (χ1v) is 11.4. The molecule has 156 valence electrons. The lowest BCUT2D eigenvalue weighted by molar-refractivity contribution is 0.0900. The zero-order valence-corrected chi connectivity index (χ0v) is 17.7. The topological polar surface area (TPSA) is 61.0 Å². The van der Waals surface area contributed by atoms with Gasteiger partial charge < -0.3 is 10.2 Å². The van der Waals surface area contributed by atoms with E-state index in [0.29, 0.717) is 16.6 Å². The van der Waals surface area contributed by atoms with Crippen LogP contribution in [0.3, 0.4) is 0 Å². The van der Waals surface area contributed by atoms with E-state index in [-0.39, 0.29) is 11.9 Å². The van der Waals surface area contributed by atoms with Crippen molar-refractivity contribution in [2.24, 2.45) is 5.92 Å². The number of aromatic nitrogens is 2. The second kappa shape index (κ2) is 9.77. The van der Waals surface area contributed by atoms with Crippen LogP contribution in [0.25, 0.3) is 0 Å². The van der Waals surface area contributed by atoms with Crippen molar-refractivity contribution in [1.82, 2.24) is 20.4 Å². The molecule has 0 radical (unpaired) electrons. The Morgan fingerprint density at radius 2 is 1.86 bits per heavy atom. The third-order valence-corrected chi connectivity index (χ3v) is 6.93. The molecule has 0 bridgehead atoms. The summed E-state index contributed by atoms with van der Waals surface area (Å²) in [5.74, 6) is 1.26. The fourth-order valence-electron chi connectivity index (χ4n) is 4.99. The van der Waals surface area contributed by atoms with Crippen LogP contribution in [0.2, 0.25) is 5.02 Å². The van der Waals surface area contributed by atoms with E-state index in [0.717, 1.165) is 38.4 Å². The molecule has 1 aliphatic carbocycles. The van der Waals surface area contributed by atoms with Gasteiger partial charge in [-0.3, -0.25) is 9.89 Å². The highest BCUT2D eigenvalue weighted by atomic mass is 35.5. The summed E-state index contributed by atoms with van der Waals surface area (Å²) in [7, 11) is 0. The number of likely N-dealkylation sites (tertiary alicyclic amines) is 1. The Hall–Kier alpha value is -1.85. The number of hydrogen-bond acceptors (Lipinski definition) is 3. The van der Waals surface area contributed by atoms with Crippen molar-refractivity contribution >= 4 is 17.5 Å². The number of nitrogens with one attached hydrogen (secondary N) is 2. The molecular weight excluding hydrogens is 384 g/mol. The molecule has 2 fully saturated rings. The van der Waals surface area contributed by atoms with E-state index in [9.17, 15) is 4.79 Å². The van der Waals surface area contributed by atoms with E-state index >= 15 is 0 Å². The number of halogens is 1. The predicted octanol–water partition coefficient (Wildman–Crippen LogP) is 4.62. The Balaban J connectivity index is 1.33. The van der Waals surface area contributed by atoms with Crippen LogP contribution in [0.4, 0.5) is 0 Å². The van der Waals surface area contributed by atoms with Gasteiger partial charge in [0.1, 0.15) is 5.69 Å². The van der Waals surface area contributed by atoms with Crippen LogP contribution < -0.4 is 5.32 Å². The number of carbonyl (C=O) groups excluding carboxylic acids is 1. The summed E-state index contributed by atoms with van der Waals surface area (Å²) in [5, 5.41) is 9.99. The van der Waals surface area contributed by atoms with Gasteiger partial charge in [-0.25, -0.2) is 0 Å². The van der Waals surface area contributed by atoms with Gasteiger partial charge in [0.2, 0.25) is 0 Å². The summed E-state index contributed by atoms with van der Waals surface area (Å²) in [6, 6.07) is 11.3. The van der Waals surface area contributed by atoms with E-state index in [1.807, 2.05) is 0 Å². The number of benzene rings is 1. The Morgan fingerprint density at radius 1 is 1.14 bits per heavy atom. The number of rotatable bonds is 6. The lowest BCUT2D eigenvalue weighted by Gasteiger charge is -2.38. The third kappa shape index (κ3) is 5.20. The Kier molecular flexibility index (Phi) is 6.88. The Labute approximate surface area is 178 Å². The van der Waals surface area contributed by atoms with Crippen molar-refractivity contribution in [2.45, 2.75) is 56.9 Å². The highest BCUT2D eigenvalue weighted by Gasteiger charge is 2.29. The van der Waals surface area contributed by atoms with Crippen molar-refractivity contribution in [1.29, 1.82) is 0 Å². The van der Waals surface area contributed by atoms with Crippen LogP contribution >= 0.6 is 11.6 Å². The van der Waals surface area contributed by atoms with Crippen LogP contribution in [0.1, 0.15) is 66.9 Å². The van der Waals surface area contributed by atoms with Crippen LogP contribution in [-0.4, -0.2) is 46.7 Å². The van der Waals surface area contributed by atoms with Gasteiger partial charge in [0.25, 0.3) is 5.91 Å². The Morgan fingerprint density at radius 3 is 2.52 bits per heavy atom. The molecule has 1 atom stereocenters. The maximum Gasteiger partial charge on any atom is 0.271 e. The van der Waals surface area contributed by atoms with Gasteiger partial charge in [0, 0.05) is 25.7 Å². The summed E-state index contributed by atoms with van der Waals surface area (Å²) < 4.78 is 0. The quantitative estimate of drug-likeness (QED) is 0.724. The summed E-state index contributed by atoms with van der Waals surface area (Å²) in [6.45, 7) is 3.18. The molecule has 1 aromatic carbocycles. The molecular formula is C23H31ClN4O. The van der Waals surface area contributed by atoms with Crippen molar-refractivity contribution in [3.63, 3.8) is 0 Å². The fourth-order valence-corrected chi connectivity index (χ4v) is 5.17. The highest BCUT2D eigenvalue weighted by molar-refractivity contribution is 6.33. The molecule has 0 unspecified atom stereocenters. The SMILES string of the molecule is O=C(NC1CCN(C[C@H](c2ccccc2)C2CCCCC2)CC1)c1[nH]ncc1Cl. The smallest absolute Gasteiger partial charge is 0.271 e. The first-order valence-electron chi connectivity index (χ1n) is 11.0. The van der Waals surface area contributed by atoms with E-state index < -0.39 is 0 Å². The van der Waals surface area contributed by atoms with Gasteiger partial charge in [0.05, 0.1) is 11.2 Å². The van der Waals surface area contributed by atoms with Gasteiger partial charge in [-0.1, -0.05) is 61.2 Å². The van der Waals surface area contributed by atoms with Crippen LogP contribution in [0.15, 0.2) is 36.5 Å². The average molecular weight is 415 g/mol. The van der Waals surface area contributed by atoms with Crippen molar-refractivity contribution in [2.75, 3.05) is 19.6 Å². The molecule has 1 amide bonds. The van der Waals surface area contributed by atoms with Gasteiger partial charge in [-0.2, -0.15) is 5.10 Å². The number of hydrogen-bond donors (Lipinski definition) is 2. The zero-order valence-electron chi connectivity index (χ0n) is 16.9. The lowest BCUT2D eigenvalue weighted by atomic mass is 9.76. The molecule has 1 saturated heterocycles. The molecule has 1 aromatic heterocycles. The average Bonchev–Trinajstić information content (AvgIpc) is 3.20. The number of amides is 1. The van der Waals surface area contributed by atoms with Crippen LogP contribution in [-0.2, 0) is 0 Å². The van der Waals surface area contributed by atoms with Crippen molar-refractivity contribution < 1.29 is 4.79 Å². The van der Waals surface area contributed by atoms with Gasteiger partial charge >= 0.3 is 0 Å². The van der Waals surface area contributed by atoms with Crippen LogP contribution in [0, 0.1) is 5.92 Å². The number of aromatic amines is 1. The van der Waals surface area contributed by atoms with Crippen molar-refractivity contribution in [3.05, 3.63) is 52.8 Å². The number of piperidine rings is 1. The molecule has 0 spiro atoms. The molecule has 6 heteroatoms. The molecule has 29 heavy (non-hydrogen) atoms. The van der Waals surface area contributed by atoms with E-state index in [1.165, 1.54) is 43.9 Å². The van der Waals surface area contributed by atoms with Gasteiger partial charge in [-0.15, -0.1) is 0 Å². The predicted molar refractivity (Wildman–Crippen MR) is 116 cm³/mol. The number of carbonyl (C=O) groups is 1. The third-order valence-electron chi connectivity index (χ3n) is 6.64. The Bertz CT molecular complexity index is 779. The highest BCUT2D eigenvalue weighted by Crippen LogP contribution is 2.37. The molecule has 4 rings (SSSR count). The minimum absolute atomic E-state index is 0.157. The lowest BCUT2D eigenvalue weighted by Crippen LogP contribution is -2.46. The zero-order chi connectivity index (χ0) is 20.1. The monoisotopic (exact) mass is 414 g/mol. The van der Waals surface area contributed by atoms with E-state index in [2.05, 4.69) is 50.7 Å². The van der Waals surface area contributed by atoms with Crippen LogP contribution in [0.5, 0.6) is 0 Å². The largest absolute Gasteiger partial charge is 0.348 e. The normalized spacial score (nSPS) is 20.4. The number of H-pyrrole nitrogens is 1. The maximum atomic E-state index is 12.4. The minimum Gasteiger partial charge on any atom is -0.348 e. The number of nitrogens with zero attached hydrogens (tertiary/aromatic N) is 2. The summed E-state index contributed by atoms with van der Waals surface area (Å²) in [6.07, 6.45) is 10.3. The molecule has 2 aromatic rings.